The third kappa shape index (κ3) is 2.14. The molecule has 0 radical (unpaired) electrons. The van der Waals surface area contributed by atoms with E-state index in [2.05, 4.69) is 13.0 Å². The zero-order chi connectivity index (χ0) is 7.40. The molecule has 0 aromatic carbocycles. The third-order valence-corrected chi connectivity index (χ3v) is 2.00. The first-order chi connectivity index (χ1) is 4.83. The Balaban J connectivity index is 2.36. The van der Waals surface area contributed by atoms with Gasteiger partial charge in [0.05, 0.1) is 6.10 Å². The summed E-state index contributed by atoms with van der Waals surface area (Å²) in [5.74, 6) is 0. The van der Waals surface area contributed by atoms with Crippen molar-refractivity contribution >= 4 is 0 Å². The highest BCUT2D eigenvalue weighted by Crippen LogP contribution is 2.21. The second-order valence-electron chi connectivity index (χ2n) is 3.05. The van der Waals surface area contributed by atoms with Gasteiger partial charge in [-0.15, -0.1) is 0 Å². The molecule has 0 bridgehead atoms. The van der Waals surface area contributed by atoms with Gasteiger partial charge >= 0.3 is 0 Å². The lowest BCUT2D eigenvalue weighted by Gasteiger charge is -2.17. The Kier molecular flexibility index (Phi) is 2.94. The Morgan fingerprint density at radius 2 is 2.50 bits per heavy atom. The van der Waals surface area contributed by atoms with Crippen molar-refractivity contribution in [2.24, 2.45) is 0 Å². The van der Waals surface area contributed by atoms with E-state index in [1.807, 2.05) is 0 Å². The summed E-state index contributed by atoms with van der Waals surface area (Å²) in [5.41, 5.74) is 1.46. The van der Waals surface area contributed by atoms with Gasteiger partial charge in [0.1, 0.15) is 0 Å². The largest absolute Gasteiger partial charge is 0.393 e. The van der Waals surface area contributed by atoms with Gasteiger partial charge in [0.25, 0.3) is 0 Å². The molecule has 0 heterocycles. The summed E-state index contributed by atoms with van der Waals surface area (Å²) in [6.07, 6.45) is 7.59. The molecule has 0 saturated carbocycles. The average molecular weight is 140 g/mol. The number of aliphatic hydroxyl groups excluding tert-OH is 1. The SMILES string of the molecule is CCCC1=CCCC(O)C1. The van der Waals surface area contributed by atoms with E-state index < -0.39 is 0 Å². The van der Waals surface area contributed by atoms with Crippen LogP contribution < -0.4 is 0 Å². The molecule has 58 valence electrons. The minimum absolute atomic E-state index is 0.0495. The summed E-state index contributed by atoms with van der Waals surface area (Å²) in [5, 5.41) is 9.27. The molecular formula is C9H16O. The van der Waals surface area contributed by atoms with E-state index in [4.69, 9.17) is 0 Å². The molecular weight excluding hydrogens is 124 g/mol. The Morgan fingerprint density at radius 1 is 1.70 bits per heavy atom. The van der Waals surface area contributed by atoms with Crippen molar-refractivity contribution in [3.63, 3.8) is 0 Å². The Labute approximate surface area is 62.8 Å². The van der Waals surface area contributed by atoms with E-state index in [-0.39, 0.29) is 6.10 Å². The van der Waals surface area contributed by atoms with Crippen LogP contribution in [0.4, 0.5) is 0 Å². The highest BCUT2D eigenvalue weighted by atomic mass is 16.3. The van der Waals surface area contributed by atoms with E-state index in [9.17, 15) is 5.11 Å². The summed E-state index contributed by atoms with van der Waals surface area (Å²) >= 11 is 0. The van der Waals surface area contributed by atoms with Crippen LogP contribution >= 0.6 is 0 Å². The Bertz CT molecular complexity index is 127. The standard InChI is InChI=1S/C9H16O/c1-2-4-8-5-3-6-9(10)7-8/h5,9-10H,2-4,6-7H2,1H3. The molecule has 10 heavy (non-hydrogen) atoms. The van der Waals surface area contributed by atoms with Crippen LogP contribution in [0.15, 0.2) is 11.6 Å². The molecule has 1 nitrogen and oxygen atoms in total. The lowest BCUT2D eigenvalue weighted by molar-refractivity contribution is 0.159. The Hall–Kier alpha value is -0.300. The van der Waals surface area contributed by atoms with Gasteiger partial charge in [-0.3, -0.25) is 0 Å². The summed E-state index contributed by atoms with van der Waals surface area (Å²) in [6, 6.07) is 0. The number of hydrogen-bond donors (Lipinski definition) is 1. The number of hydrogen-bond acceptors (Lipinski definition) is 1. The molecule has 0 aromatic heterocycles. The maximum absolute atomic E-state index is 9.27. The summed E-state index contributed by atoms with van der Waals surface area (Å²) in [7, 11) is 0. The third-order valence-electron chi connectivity index (χ3n) is 2.00. The predicted molar refractivity (Wildman–Crippen MR) is 42.8 cm³/mol. The predicted octanol–water partition coefficient (Wildman–Crippen LogP) is 2.26. The molecule has 0 aromatic rings. The first-order valence-corrected chi connectivity index (χ1v) is 4.19. The van der Waals surface area contributed by atoms with Crippen LogP contribution in [0.2, 0.25) is 0 Å². The first kappa shape index (κ1) is 7.80. The van der Waals surface area contributed by atoms with Gasteiger partial charge in [0.15, 0.2) is 0 Å². The van der Waals surface area contributed by atoms with Gasteiger partial charge in [0.2, 0.25) is 0 Å². The maximum atomic E-state index is 9.27. The fourth-order valence-corrected chi connectivity index (χ4v) is 1.49. The second-order valence-corrected chi connectivity index (χ2v) is 3.05. The highest BCUT2D eigenvalue weighted by Gasteiger charge is 2.10. The molecule has 1 unspecified atom stereocenters. The molecule has 1 N–H and O–H groups in total. The van der Waals surface area contributed by atoms with E-state index in [1.54, 1.807) is 0 Å². The fraction of sp³-hybridized carbons (Fsp3) is 0.778. The van der Waals surface area contributed by atoms with E-state index in [0.29, 0.717) is 0 Å². The zero-order valence-electron chi connectivity index (χ0n) is 6.64. The van der Waals surface area contributed by atoms with Crippen LogP contribution in [-0.2, 0) is 0 Å². The van der Waals surface area contributed by atoms with Gasteiger partial charge in [-0.05, 0) is 25.7 Å². The minimum atomic E-state index is -0.0495. The minimum Gasteiger partial charge on any atom is -0.393 e. The molecule has 1 rings (SSSR count). The van der Waals surface area contributed by atoms with Gasteiger partial charge in [-0.2, -0.15) is 0 Å². The van der Waals surface area contributed by atoms with Crippen LogP contribution in [0.25, 0.3) is 0 Å². The smallest absolute Gasteiger partial charge is 0.0580 e. The van der Waals surface area contributed by atoms with Crippen molar-refractivity contribution in [3.8, 4) is 0 Å². The van der Waals surface area contributed by atoms with Gasteiger partial charge in [0, 0.05) is 0 Å². The van der Waals surface area contributed by atoms with Crippen LogP contribution in [0.1, 0.15) is 39.0 Å². The highest BCUT2D eigenvalue weighted by molar-refractivity contribution is 5.06. The van der Waals surface area contributed by atoms with Crippen molar-refractivity contribution in [1.82, 2.24) is 0 Å². The van der Waals surface area contributed by atoms with Crippen molar-refractivity contribution in [2.75, 3.05) is 0 Å². The molecule has 0 spiro atoms. The molecule has 0 aliphatic heterocycles. The van der Waals surface area contributed by atoms with Crippen LogP contribution in [0.3, 0.4) is 0 Å². The molecule has 1 aliphatic rings. The monoisotopic (exact) mass is 140 g/mol. The summed E-state index contributed by atoms with van der Waals surface area (Å²) in [6.45, 7) is 2.18. The van der Waals surface area contributed by atoms with Crippen molar-refractivity contribution in [3.05, 3.63) is 11.6 Å². The van der Waals surface area contributed by atoms with E-state index in [0.717, 1.165) is 19.3 Å². The van der Waals surface area contributed by atoms with Crippen LogP contribution in [0, 0.1) is 0 Å². The fourth-order valence-electron chi connectivity index (χ4n) is 1.49. The average Bonchev–Trinajstić information content (AvgIpc) is 1.88. The van der Waals surface area contributed by atoms with Crippen molar-refractivity contribution in [1.29, 1.82) is 0 Å². The van der Waals surface area contributed by atoms with Gasteiger partial charge in [-0.1, -0.05) is 25.0 Å². The quantitative estimate of drug-likeness (QED) is 0.583. The molecule has 0 saturated heterocycles. The van der Waals surface area contributed by atoms with Gasteiger partial charge < -0.3 is 5.11 Å². The van der Waals surface area contributed by atoms with Crippen molar-refractivity contribution in [2.45, 2.75) is 45.1 Å². The topological polar surface area (TPSA) is 20.2 Å². The molecule has 1 aliphatic carbocycles. The number of rotatable bonds is 2. The zero-order valence-corrected chi connectivity index (χ0v) is 6.64. The number of allylic oxidation sites excluding steroid dienone is 1. The summed E-state index contributed by atoms with van der Waals surface area (Å²) < 4.78 is 0. The van der Waals surface area contributed by atoms with Crippen molar-refractivity contribution < 1.29 is 5.11 Å². The molecule has 0 amide bonds. The normalized spacial score (nSPS) is 26.2. The molecule has 1 atom stereocenters. The second kappa shape index (κ2) is 3.77. The van der Waals surface area contributed by atoms with Crippen LogP contribution in [0.5, 0.6) is 0 Å². The maximum Gasteiger partial charge on any atom is 0.0580 e. The summed E-state index contributed by atoms with van der Waals surface area (Å²) in [4.78, 5) is 0. The molecule has 0 fully saturated rings. The van der Waals surface area contributed by atoms with Crippen LogP contribution in [-0.4, -0.2) is 11.2 Å². The van der Waals surface area contributed by atoms with E-state index >= 15 is 0 Å². The Morgan fingerprint density at radius 3 is 3.10 bits per heavy atom. The lowest BCUT2D eigenvalue weighted by atomic mass is 9.94. The van der Waals surface area contributed by atoms with Gasteiger partial charge in [-0.25, -0.2) is 0 Å². The first-order valence-electron chi connectivity index (χ1n) is 4.19. The number of aliphatic hydroxyl groups is 1. The lowest BCUT2D eigenvalue weighted by Crippen LogP contribution is -2.11. The molecule has 1 heteroatoms. The van der Waals surface area contributed by atoms with E-state index in [1.165, 1.54) is 18.4 Å².